The molecule has 0 aliphatic heterocycles. The molecular formula is C23H29NO3. The van der Waals surface area contributed by atoms with Crippen molar-refractivity contribution in [3.63, 3.8) is 0 Å². The van der Waals surface area contributed by atoms with Crippen molar-refractivity contribution in [2.75, 3.05) is 12.4 Å². The molecule has 0 heterocycles. The quantitative estimate of drug-likeness (QED) is 0.747. The number of carboxylic acids is 1. The van der Waals surface area contributed by atoms with Crippen molar-refractivity contribution in [3.05, 3.63) is 58.7 Å². The minimum atomic E-state index is -0.914. The zero-order valence-electron chi connectivity index (χ0n) is 16.8. The first-order valence-electron chi connectivity index (χ1n) is 9.43. The van der Waals surface area contributed by atoms with E-state index < -0.39 is 5.97 Å². The lowest BCUT2D eigenvalue weighted by Gasteiger charge is -2.42. The smallest absolute Gasteiger partial charge is 0.335 e. The summed E-state index contributed by atoms with van der Waals surface area (Å²) in [6.45, 7) is 9.87. The predicted molar refractivity (Wildman–Crippen MR) is 109 cm³/mol. The van der Waals surface area contributed by atoms with Crippen LogP contribution in [-0.2, 0) is 17.4 Å². The molecule has 0 radical (unpaired) electrons. The number of nitrogens with one attached hydrogen (secondary N) is 1. The van der Waals surface area contributed by atoms with Crippen LogP contribution < -0.4 is 10.1 Å². The van der Waals surface area contributed by atoms with Gasteiger partial charge in [-0.05, 0) is 71.2 Å². The molecule has 4 heteroatoms. The Morgan fingerprint density at radius 2 is 1.59 bits per heavy atom. The van der Waals surface area contributed by atoms with Gasteiger partial charge < -0.3 is 15.2 Å². The fourth-order valence-electron chi connectivity index (χ4n) is 3.89. The van der Waals surface area contributed by atoms with Crippen molar-refractivity contribution in [1.82, 2.24) is 0 Å². The molecule has 3 rings (SSSR count). The van der Waals surface area contributed by atoms with Gasteiger partial charge in [0.1, 0.15) is 5.75 Å². The topological polar surface area (TPSA) is 58.6 Å². The van der Waals surface area contributed by atoms with E-state index in [0.29, 0.717) is 6.54 Å². The lowest BCUT2D eigenvalue weighted by atomic mass is 9.63. The SMILES string of the molecule is COc1cc2c(cc1CNc1ccc(C(=O)O)cc1)C(C)(C)CCC2(C)C. The number of anilines is 1. The molecule has 2 aromatic carbocycles. The maximum absolute atomic E-state index is 11.0. The largest absolute Gasteiger partial charge is 0.496 e. The number of rotatable bonds is 5. The Hall–Kier alpha value is -2.49. The van der Waals surface area contributed by atoms with Gasteiger partial charge in [-0.25, -0.2) is 4.79 Å². The van der Waals surface area contributed by atoms with Crippen LogP contribution in [0.2, 0.25) is 0 Å². The molecule has 4 nitrogen and oxygen atoms in total. The third-order valence-corrected chi connectivity index (χ3v) is 5.87. The number of fused-ring (bicyclic) bond motifs is 1. The van der Waals surface area contributed by atoms with Gasteiger partial charge in [-0.1, -0.05) is 27.7 Å². The first kappa shape index (κ1) is 19.3. The van der Waals surface area contributed by atoms with Crippen LogP contribution in [0, 0.1) is 0 Å². The van der Waals surface area contributed by atoms with Gasteiger partial charge >= 0.3 is 5.97 Å². The van der Waals surface area contributed by atoms with E-state index in [1.54, 1.807) is 31.4 Å². The Kier molecular flexibility index (Phi) is 4.94. The molecule has 144 valence electrons. The fraction of sp³-hybridized carbons (Fsp3) is 0.435. The second-order valence-electron chi connectivity index (χ2n) is 8.71. The summed E-state index contributed by atoms with van der Waals surface area (Å²) >= 11 is 0. The highest BCUT2D eigenvalue weighted by atomic mass is 16.5. The Morgan fingerprint density at radius 1 is 1.04 bits per heavy atom. The van der Waals surface area contributed by atoms with Crippen LogP contribution in [0.1, 0.15) is 67.6 Å². The van der Waals surface area contributed by atoms with Crippen molar-refractivity contribution < 1.29 is 14.6 Å². The van der Waals surface area contributed by atoms with Gasteiger partial charge in [-0.3, -0.25) is 0 Å². The van der Waals surface area contributed by atoms with E-state index in [9.17, 15) is 4.79 Å². The maximum Gasteiger partial charge on any atom is 0.335 e. The summed E-state index contributed by atoms with van der Waals surface area (Å²) in [6.07, 6.45) is 2.34. The standard InChI is InChI=1S/C23H29NO3/c1-22(2)10-11-23(3,4)19-13-20(27-5)16(12-18(19)22)14-24-17-8-6-15(7-9-17)21(25)26/h6-9,12-13,24H,10-11,14H2,1-5H3,(H,25,26). The third-order valence-electron chi connectivity index (χ3n) is 5.87. The average molecular weight is 367 g/mol. The number of ether oxygens (including phenoxy) is 1. The van der Waals surface area contributed by atoms with Crippen molar-refractivity contribution in [2.45, 2.75) is 57.9 Å². The predicted octanol–water partition coefficient (Wildman–Crippen LogP) is 5.35. The Balaban J connectivity index is 1.90. The number of hydrogen-bond acceptors (Lipinski definition) is 3. The maximum atomic E-state index is 11.0. The van der Waals surface area contributed by atoms with E-state index in [4.69, 9.17) is 9.84 Å². The lowest BCUT2D eigenvalue weighted by Crippen LogP contribution is -2.34. The van der Waals surface area contributed by atoms with Gasteiger partial charge in [0.15, 0.2) is 0 Å². The van der Waals surface area contributed by atoms with Crippen LogP contribution in [0.3, 0.4) is 0 Å². The molecule has 0 spiro atoms. The first-order chi connectivity index (χ1) is 12.6. The highest BCUT2D eigenvalue weighted by Crippen LogP contribution is 2.47. The molecule has 0 amide bonds. The van der Waals surface area contributed by atoms with E-state index >= 15 is 0 Å². The molecular weight excluding hydrogens is 338 g/mol. The normalized spacial score (nSPS) is 17.1. The molecule has 2 N–H and O–H groups in total. The van der Waals surface area contributed by atoms with Crippen LogP contribution in [0.25, 0.3) is 0 Å². The highest BCUT2D eigenvalue weighted by molar-refractivity contribution is 5.88. The third kappa shape index (κ3) is 3.80. The van der Waals surface area contributed by atoms with E-state index in [0.717, 1.165) is 17.0 Å². The summed E-state index contributed by atoms with van der Waals surface area (Å²) in [7, 11) is 1.72. The molecule has 0 unspecified atom stereocenters. The number of carboxylic acid groups (broad SMARTS) is 1. The van der Waals surface area contributed by atoms with Crippen LogP contribution in [-0.4, -0.2) is 18.2 Å². The van der Waals surface area contributed by atoms with Crippen LogP contribution >= 0.6 is 0 Å². The summed E-state index contributed by atoms with van der Waals surface area (Å²) < 4.78 is 5.69. The van der Waals surface area contributed by atoms with Crippen molar-refractivity contribution >= 4 is 11.7 Å². The zero-order chi connectivity index (χ0) is 19.8. The Bertz CT molecular complexity index is 851. The monoisotopic (exact) mass is 367 g/mol. The minimum Gasteiger partial charge on any atom is -0.496 e. The molecule has 0 atom stereocenters. The lowest BCUT2D eigenvalue weighted by molar-refractivity contribution is 0.0697. The van der Waals surface area contributed by atoms with Gasteiger partial charge in [-0.2, -0.15) is 0 Å². The molecule has 0 bridgehead atoms. The molecule has 0 saturated carbocycles. The van der Waals surface area contributed by atoms with Crippen LogP contribution in [0.5, 0.6) is 5.75 Å². The number of aromatic carboxylic acids is 1. The fourth-order valence-corrected chi connectivity index (χ4v) is 3.89. The Labute approximate surface area is 161 Å². The summed E-state index contributed by atoms with van der Waals surface area (Å²) in [4.78, 5) is 11.0. The van der Waals surface area contributed by atoms with Crippen molar-refractivity contribution in [1.29, 1.82) is 0 Å². The highest BCUT2D eigenvalue weighted by Gasteiger charge is 2.37. The average Bonchev–Trinajstić information content (AvgIpc) is 2.63. The Morgan fingerprint density at radius 3 is 2.11 bits per heavy atom. The molecule has 0 saturated heterocycles. The van der Waals surface area contributed by atoms with E-state index in [1.807, 2.05) is 0 Å². The second kappa shape index (κ2) is 6.91. The van der Waals surface area contributed by atoms with E-state index in [-0.39, 0.29) is 16.4 Å². The summed E-state index contributed by atoms with van der Waals surface area (Å²) in [5.41, 5.74) is 5.37. The minimum absolute atomic E-state index is 0.148. The molecule has 1 aliphatic rings. The molecule has 0 fully saturated rings. The van der Waals surface area contributed by atoms with Crippen molar-refractivity contribution in [3.8, 4) is 5.75 Å². The van der Waals surface area contributed by atoms with E-state index in [1.165, 1.54) is 24.0 Å². The van der Waals surface area contributed by atoms with Crippen LogP contribution in [0.15, 0.2) is 36.4 Å². The van der Waals surface area contributed by atoms with Gasteiger partial charge in [0, 0.05) is 17.8 Å². The second-order valence-corrected chi connectivity index (χ2v) is 8.71. The zero-order valence-corrected chi connectivity index (χ0v) is 16.8. The van der Waals surface area contributed by atoms with Gasteiger partial charge in [-0.15, -0.1) is 0 Å². The summed E-state index contributed by atoms with van der Waals surface area (Å²) in [6, 6.07) is 11.3. The van der Waals surface area contributed by atoms with Gasteiger partial charge in [0.05, 0.1) is 12.7 Å². The summed E-state index contributed by atoms with van der Waals surface area (Å²) in [5, 5.41) is 12.4. The molecule has 0 aromatic heterocycles. The van der Waals surface area contributed by atoms with Gasteiger partial charge in [0.25, 0.3) is 0 Å². The number of methoxy groups -OCH3 is 1. The van der Waals surface area contributed by atoms with Crippen molar-refractivity contribution in [2.24, 2.45) is 0 Å². The molecule has 2 aromatic rings. The molecule has 1 aliphatic carbocycles. The van der Waals surface area contributed by atoms with E-state index in [2.05, 4.69) is 45.1 Å². The number of benzene rings is 2. The summed E-state index contributed by atoms with van der Waals surface area (Å²) in [5.74, 6) is -0.0167. The van der Waals surface area contributed by atoms with Gasteiger partial charge in [0.2, 0.25) is 0 Å². The molecule has 27 heavy (non-hydrogen) atoms. The number of hydrogen-bond donors (Lipinski definition) is 2. The number of carbonyl (C=O) groups is 1. The van der Waals surface area contributed by atoms with Crippen LogP contribution in [0.4, 0.5) is 5.69 Å². The first-order valence-corrected chi connectivity index (χ1v) is 9.43.